The van der Waals surface area contributed by atoms with E-state index in [0.29, 0.717) is 13.0 Å². The Labute approximate surface area is 101 Å². The first-order valence-corrected chi connectivity index (χ1v) is 5.68. The number of ether oxygens (including phenoxy) is 1. The molecule has 0 bridgehead atoms. The summed E-state index contributed by atoms with van der Waals surface area (Å²) in [6.07, 6.45) is 6.31. The first-order chi connectivity index (χ1) is 8.10. The maximum Gasteiger partial charge on any atom is 0.327 e. The van der Waals surface area contributed by atoms with Gasteiger partial charge >= 0.3 is 5.97 Å². The number of amides is 1. The minimum absolute atomic E-state index is 0.00849. The van der Waals surface area contributed by atoms with E-state index in [9.17, 15) is 9.59 Å². The number of carboxylic acids is 1. The fourth-order valence-electron chi connectivity index (χ4n) is 1.95. The minimum Gasteiger partial charge on any atom is -0.480 e. The van der Waals surface area contributed by atoms with Gasteiger partial charge in [0.05, 0.1) is 12.0 Å². The molecule has 17 heavy (non-hydrogen) atoms. The van der Waals surface area contributed by atoms with Crippen molar-refractivity contribution in [2.75, 3.05) is 6.61 Å². The maximum absolute atomic E-state index is 11.9. The van der Waals surface area contributed by atoms with E-state index in [-0.39, 0.29) is 24.3 Å². The quantitative estimate of drug-likeness (QED) is 0.681. The second kappa shape index (κ2) is 6.26. The first-order valence-electron chi connectivity index (χ1n) is 5.68. The van der Waals surface area contributed by atoms with E-state index in [0.717, 1.165) is 6.42 Å². The Morgan fingerprint density at radius 3 is 2.88 bits per heavy atom. The molecule has 2 N–H and O–H groups in total. The van der Waals surface area contributed by atoms with Crippen molar-refractivity contribution >= 4 is 11.9 Å². The van der Waals surface area contributed by atoms with Gasteiger partial charge in [0.2, 0.25) is 5.91 Å². The molecule has 5 heteroatoms. The average molecular weight is 239 g/mol. The average Bonchev–Trinajstić information content (AvgIpc) is 2.76. The van der Waals surface area contributed by atoms with Crippen molar-refractivity contribution in [2.24, 2.45) is 5.92 Å². The van der Waals surface area contributed by atoms with Crippen LogP contribution < -0.4 is 5.32 Å². The van der Waals surface area contributed by atoms with Crippen LogP contribution in [0.2, 0.25) is 0 Å². The third kappa shape index (κ3) is 3.46. The largest absolute Gasteiger partial charge is 0.480 e. The molecule has 5 nitrogen and oxygen atoms in total. The number of hydrogen-bond acceptors (Lipinski definition) is 3. The van der Waals surface area contributed by atoms with Crippen LogP contribution >= 0.6 is 0 Å². The first kappa shape index (κ1) is 13.5. The summed E-state index contributed by atoms with van der Waals surface area (Å²) >= 11 is 0. The van der Waals surface area contributed by atoms with E-state index in [1.165, 1.54) is 0 Å². The number of hydrogen-bond donors (Lipinski definition) is 2. The van der Waals surface area contributed by atoms with Gasteiger partial charge in [-0.15, -0.1) is 12.3 Å². The Morgan fingerprint density at radius 1 is 1.65 bits per heavy atom. The third-order valence-corrected chi connectivity index (χ3v) is 2.89. The van der Waals surface area contributed by atoms with Crippen molar-refractivity contribution < 1.29 is 19.4 Å². The molecular weight excluding hydrogens is 222 g/mol. The Morgan fingerprint density at radius 2 is 2.35 bits per heavy atom. The molecule has 0 aromatic carbocycles. The molecule has 0 aromatic rings. The zero-order valence-electron chi connectivity index (χ0n) is 9.81. The summed E-state index contributed by atoms with van der Waals surface area (Å²) in [6, 6.07) is -1.01. The predicted octanol–water partition coefficient (Wildman–Crippen LogP) is 0.394. The van der Waals surface area contributed by atoms with Crippen molar-refractivity contribution in [3.05, 3.63) is 0 Å². The van der Waals surface area contributed by atoms with Gasteiger partial charge in [-0.2, -0.15) is 0 Å². The molecule has 1 aliphatic heterocycles. The topological polar surface area (TPSA) is 75.6 Å². The lowest BCUT2D eigenvalue weighted by molar-refractivity contribution is -0.142. The van der Waals surface area contributed by atoms with Crippen LogP contribution in [0.4, 0.5) is 0 Å². The van der Waals surface area contributed by atoms with Gasteiger partial charge in [0.15, 0.2) is 0 Å². The van der Waals surface area contributed by atoms with Gasteiger partial charge in [0, 0.05) is 13.0 Å². The summed E-state index contributed by atoms with van der Waals surface area (Å²) in [6.45, 7) is 2.48. The molecule has 1 amide bonds. The highest BCUT2D eigenvalue weighted by Crippen LogP contribution is 2.23. The monoisotopic (exact) mass is 239 g/mol. The number of aliphatic carboxylic acids is 1. The van der Waals surface area contributed by atoms with Crippen molar-refractivity contribution in [1.82, 2.24) is 5.32 Å². The van der Waals surface area contributed by atoms with Crippen LogP contribution in [0, 0.1) is 18.3 Å². The molecule has 0 saturated carbocycles. The standard InChI is InChI=1S/C12H17NO4/c1-3-5-9(12(15)16)13-11(14)8-6-7-17-10(8)4-2/h1,8-10H,4-7H2,2H3,(H,13,14)(H,15,16). The highest BCUT2D eigenvalue weighted by atomic mass is 16.5. The SMILES string of the molecule is C#CCC(NC(=O)C1CCOC1CC)C(=O)O. The second-order valence-electron chi connectivity index (χ2n) is 4.02. The second-order valence-corrected chi connectivity index (χ2v) is 4.02. The zero-order chi connectivity index (χ0) is 12.8. The van der Waals surface area contributed by atoms with E-state index in [1.54, 1.807) is 0 Å². The van der Waals surface area contributed by atoms with Crippen molar-refractivity contribution in [1.29, 1.82) is 0 Å². The summed E-state index contributed by atoms with van der Waals surface area (Å²) < 4.78 is 5.39. The van der Waals surface area contributed by atoms with E-state index < -0.39 is 12.0 Å². The zero-order valence-corrected chi connectivity index (χ0v) is 9.81. The number of carbonyl (C=O) groups excluding carboxylic acids is 1. The lowest BCUT2D eigenvalue weighted by Crippen LogP contribution is -2.45. The van der Waals surface area contributed by atoms with Gasteiger partial charge in [-0.25, -0.2) is 4.79 Å². The van der Waals surface area contributed by atoms with Gasteiger partial charge < -0.3 is 15.2 Å². The molecule has 1 saturated heterocycles. The Balaban J connectivity index is 2.58. The minimum atomic E-state index is -1.11. The Bertz CT molecular complexity index is 334. The summed E-state index contributed by atoms with van der Waals surface area (Å²) in [4.78, 5) is 22.7. The summed E-state index contributed by atoms with van der Waals surface area (Å²) in [5, 5.41) is 11.3. The maximum atomic E-state index is 11.9. The molecule has 1 aliphatic rings. The molecular formula is C12H17NO4. The van der Waals surface area contributed by atoms with Crippen LogP contribution in [0.25, 0.3) is 0 Å². The summed E-state index contributed by atoms with van der Waals surface area (Å²) in [7, 11) is 0. The van der Waals surface area contributed by atoms with Crippen LogP contribution in [0.3, 0.4) is 0 Å². The van der Waals surface area contributed by atoms with Gasteiger partial charge in [-0.05, 0) is 12.8 Å². The van der Waals surface area contributed by atoms with E-state index in [4.69, 9.17) is 16.3 Å². The number of terminal acetylenes is 1. The molecule has 1 rings (SSSR count). The van der Waals surface area contributed by atoms with Gasteiger partial charge in [0.25, 0.3) is 0 Å². The number of rotatable bonds is 5. The molecule has 1 fully saturated rings. The van der Waals surface area contributed by atoms with E-state index >= 15 is 0 Å². The fraction of sp³-hybridized carbons (Fsp3) is 0.667. The summed E-state index contributed by atoms with van der Waals surface area (Å²) in [5.41, 5.74) is 0. The lowest BCUT2D eigenvalue weighted by atomic mass is 9.98. The lowest BCUT2D eigenvalue weighted by Gasteiger charge is -2.19. The van der Waals surface area contributed by atoms with Crippen LogP contribution in [-0.4, -0.2) is 35.7 Å². The molecule has 1 heterocycles. The van der Waals surface area contributed by atoms with Crippen LogP contribution in [-0.2, 0) is 14.3 Å². The number of carbonyl (C=O) groups is 2. The highest BCUT2D eigenvalue weighted by molar-refractivity contribution is 5.85. The molecule has 0 aliphatic carbocycles. The van der Waals surface area contributed by atoms with E-state index in [1.807, 2.05) is 6.92 Å². The smallest absolute Gasteiger partial charge is 0.327 e. The molecule has 3 unspecified atom stereocenters. The van der Waals surface area contributed by atoms with Crippen molar-refractivity contribution in [3.8, 4) is 12.3 Å². The van der Waals surface area contributed by atoms with Crippen LogP contribution in [0.5, 0.6) is 0 Å². The molecule has 0 radical (unpaired) electrons. The predicted molar refractivity (Wildman–Crippen MR) is 61.2 cm³/mol. The normalized spacial score (nSPS) is 24.9. The fourth-order valence-corrected chi connectivity index (χ4v) is 1.95. The third-order valence-electron chi connectivity index (χ3n) is 2.89. The number of nitrogens with one attached hydrogen (secondary N) is 1. The number of carboxylic acid groups (broad SMARTS) is 1. The van der Waals surface area contributed by atoms with Gasteiger partial charge in [-0.1, -0.05) is 6.92 Å². The van der Waals surface area contributed by atoms with Gasteiger partial charge in [-0.3, -0.25) is 4.79 Å². The highest BCUT2D eigenvalue weighted by Gasteiger charge is 2.34. The molecule has 94 valence electrons. The Hall–Kier alpha value is -1.54. The van der Waals surface area contributed by atoms with Crippen molar-refractivity contribution in [2.45, 2.75) is 38.3 Å². The molecule has 0 spiro atoms. The Kier molecular flexibility index (Phi) is 4.98. The van der Waals surface area contributed by atoms with Crippen molar-refractivity contribution in [3.63, 3.8) is 0 Å². The van der Waals surface area contributed by atoms with Crippen LogP contribution in [0.15, 0.2) is 0 Å². The molecule has 3 atom stereocenters. The molecule has 0 aromatic heterocycles. The summed E-state index contributed by atoms with van der Waals surface area (Å²) in [5.74, 6) is 0.591. The van der Waals surface area contributed by atoms with Crippen LogP contribution in [0.1, 0.15) is 26.2 Å². The van der Waals surface area contributed by atoms with Gasteiger partial charge in [0.1, 0.15) is 6.04 Å². The van der Waals surface area contributed by atoms with E-state index in [2.05, 4.69) is 11.2 Å².